The Hall–Kier alpha value is -2.75. The number of rotatable bonds is 5. The lowest BCUT2D eigenvalue weighted by Crippen LogP contribution is -2.39. The summed E-state index contributed by atoms with van der Waals surface area (Å²) < 4.78 is 57.3. The minimum Gasteiger partial charge on any atom is -0.482 e. The molecule has 0 spiro atoms. The van der Waals surface area contributed by atoms with E-state index in [-0.39, 0.29) is 36.0 Å². The van der Waals surface area contributed by atoms with Crippen LogP contribution in [-0.4, -0.2) is 52.3 Å². The van der Waals surface area contributed by atoms with Gasteiger partial charge in [0.15, 0.2) is 6.61 Å². The summed E-state index contributed by atoms with van der Waals surface area (Å²) in [6.07, 6.45) is -4.54. The molecule has 0 aromatic heterocycles. The number of esters is 2. The van der Waals surface area contributed by atoms with Crippen molar-refractivity contribution in [3.63, 3.8) is 0 Å². The fourth-order valence-corrected chi connectivity index (χ4v) is 2.45. The molecule has 0 N–H and O–H groups in total. The zero-order valence-corrected chi connectivity index (χ0v) is 14.9. The number of alkyl halides is 3. The molecule has 0 bridgehead atoms. The van der Waals surface area contributed by atoms with Crippen LogP contribution in [0.2, 0.25) is 0 Å². The van der Waals surface area contributed by atoms with Gasteiger partial charge in [0, 0.05) is 0 Å². The fraction of sp³-hybridized carbons (Fsp3) is 0.412. The standard InChI is InChI=1S/C17H18F3NO6/c1-10-4-5-12(13(6-10)27-8-17(18,19)20)21-9-26-7-11(15(22)24-2)14(21)16(23)25-3/h4-6H,7-9H2,1-3H3. The second-order valence-electron chi connectivity index (χ2n) is 5.59. The third-order valence-electron chi connectivity index (χ3n) is 3.63. The minimum absolute atomic E-state index is 0.113. The van der Waals surface area contributed by atoms with Gasteiger partial charge in [-0.05, 0) is 24.6 Å². The SMILES string of the molecule is COC(=O)C1=C(C(=O)OC)N(c2ccc(C)cc2OCC(F)(F)F)COC1. The number of carbonyl (C=O) groups excluding carboxylic acids is 2. The number of methoxy groups -OCH3 is 2. The minimum atomic E-state index is -4.54. The molecule has 148 valence electrons. The van der Waals surface area contributed by atoms with Crippen LogP contribution >= 0.6 is 0 Å². The highest BCUT2D eigenvalue weighted by molar-refractivity contribution is 6.03. The van der Waals surface area contributed by atoms with Crippen LogP contribution in [-0.2, 0) is 23.8 Å². The smallest absolute Gasteiger partial charge is 0.422 e. The molecule has 0 radical (unpaired) electrons. The molecule has 1 aliphatic rings. The van der Waals surface area contributed by atoms with Gasteiger partial charge in [0.25, 0.3) is 0 Å². The second kappa shape index (κ2) is 8.30. The number of nitrogens with zero attached hydrogens (tertiary/aromatic N) is 1. The van der Waals surface area contributed by atoms with Gasteiger partial charge in [-0.2, -0.15) is 13.2 Å². The van der Waals surface area contributed by atoms with Gasteiger partial charge in [-0.25, -0.2) is 9.59 Å². The first-order chi connectivity index (χ1) is 12.7. The molecule has 0 amide bonds. The van der Waals surface area contributed by atoms with Crippen LogP contribution in [0.3, 0.4) is 0 Å². The molecule has 27 heavy (non-hydrogen) atoms. The van der Waals surface area contributed by atoms with Gasteiger partial charge in [0.2, 0.25) is 0 Å². The van der Waals surface area contributed by atoms with Crippen molar-refractivity contribution < 1.29 is 41.7 Å². The van der Waals surface area contributed by atoms with Crippen LogP contribution in [0.25, 0.3) is 0 Å². The summed E-state index contributed by atoms with van der Waals surface area (Å²) in [6.45, 7) is -0.248. The van der Waals surface area contributed by atoms with E-state index in [1.165, 1.54) is 17.0 Å². The Morgan fingerprint density at radius 3 is 2.44 bits per heavy atom. The van der Waals surface area contributed by atoms with E-state index in [0.717, 1.165) is 14.2 Å². The van der Waals surface area contributed by atoms with Crippen LogP contribution in [0, 0.1) is 6.92 Å². The lowest BCUT2D eigenvalue weighted by molar-refractivity contribution is -0.153. The molecule has 7 nitrogen and oxygen atoms in total. The van der Waals surface area contributed by atoms with E-state index < -0.39 is 24.7 Å². The molecule has 0 saturated heterocycles. The van der Waals surface area contributed by atoms with Crippen molar-refractivity contribution in [1.82, 2.24) is 0 Å². The van der Waals surface area contributed by atoms with E-state index in [1.807, 2.05) is 0 Å². The average molecular weight is 389 g/mol. The van der Waals surface area contributed by atoms with E-state index in [0.29, 0.717) is 5.56 Å². The summed E-state index contributed by atoms with van der Waals surface area (Å²) in [6, 6.07) is 4.48. The predicted molar refractivity (Wildman–Crippen MR) is 87.1 cm³/mol. The first-order valence-electron chi connectivity index (χ1n) is 7.73. The summed E-state index contributed by atoms with van der Waals surface area (Å²) in [5.41, 5.74) is 0.464. The van der Waals surface area contributed by atoms with Crippen molar-refractivity contribution in [2.45, 2.75) is 13.1 Å². The molecule has 0 fully saturated rings. The summed E-state index contributed by atoms with van der Waals surface area (Å²) in [5.74, 6) is -1.80. The molecule has 1 aromatic carbocycles. The number of anilines is 1. The summed E-state index contributed by atoms with van der Waals surface area (Å²) in [4.78, 5) is 25.5. The number of benzene rings is 1. The third kappa shape index (κ3) is 4.91. The van der Waals surface area contributed by atoms with Crippen LogP contribution in [0.5, 0.6) is 5.75 Å². The zero-order valence-electron chi connectivity index (χ0n) is 14.9. The number of aryl methyl sites for hydroxylation is 1. The van der Waals surface area contributed by atoms with E-state index in [1.54, 1.807) is 13.0 Å². The highest BCUT2D eigenvalue weighted by atomic mass is 19.4. The van der Waals surface area contributed by atoms with Crippen molar-refractivity contribution in [3.8, 4) is 5.75 Å². The normalized spacial score (nSPS) is 14.8. The molecule has 1 aromatic rings. The Morgan fingerprint density at radius 2 is 1.85 bits per heavy atom. The molecule has 0 atom stereocenters. The molecule has 0 unspecified atom stereocenters. The lowest BCUT2D eigenvalue weighted by Gasteiger charge is -2.32. The van der Waals surface area contributed by atoms with E-state index >= 15 is 0 Å². The molecular weight excluding hydrogens is 371 g/mol. The molecule has 2 rings (SSSR count). The number of halogens is 3. The zero-order chi connectivity index (χ0) is 20.2. The van der Waals surface area contributed by atoms with Gasteiger partial charge in [0.1, 0.15) is 18.2 Å². The summed E-state index contributed by atoms with van der Waals surface area (Å²) >= 11 is 0. The quantitative estimate of drug-likeness (QED) is 0.716. The Morgan fingerprint density at radius 1 is 1.19 bits per heavy atom. The van der Waals surface area contributed by atoms with Gasteiger partial charge in [0.05, 0.1) is 32.1 Å². The highest BCUT2D eigenvalue weighted by Gasteiger charge is 2.34. The number of carbonyl (C=O) groups is 2. The summed E-state index contributed by atoms with van der Waals surface area (Å²) in [5, 5.41) is 0. The predicted octanol–water partition coefficient (Wildman–Crippen LogP) is 2.33. The van der Waals surface area contributed by atoms with E-state index in [2.05, 4.69) is 4.74 Å². The van der Waals surface area contributed by atoms with Crippen molar-refractivity contribution >= 4 is 17.6 Å². The molecule has 0 aliphatic carbocycles. The van der Waals surface area contributed by atoms with Crippen molar-refractivity contribution in [3.05, 3.63) is 35.0 Å². The molecule has 1 heterocycles. The molecule has 0 saturated carbocycles. The number of hydrogen-bond donors (Lipinski definition) is 0. The molecule has 1 aliphatic heterocycles. The number of ether oxygens (including phenoxy) is 4. The largest absolute Gasteiger partial charge is 0.482 e. The van der Waals surface area contributed by atoms with Crippen LogP contribution in [0.1, 0.15) is 5.56 Å². The third-order valence-corrected chi connectivity index (χ3v) is 3.63. The van der Waals surface area contributed by atoms with Gasteiger partial charge in [-0.1, -0.05) is 6.07 Å². The monoisotopic (exact) mass is 389 g/mol. The Labute approximate surface area is 153 Å². The number of hydrogen-bond acceptors (Lipinski definition) is 7. The van der Waals surface area contributed by atoms with Gasteiger partial charge < -0.3 is 23.8 Å². The first kappa shape index (κ1) is 20.6. The highest BCUT2D eigenvalue weighted by Crippen LogP contribution is 2.35. The van der Waals surface area contributed by atoms with Gasteiger partial charge in [-0.3, -0.25) is 0 Å². The Balaban J connectivity index is 2.54. The molecule has 10 heteroatoms. The molecular formula is C17H18F3NO6. The Kier molecular flexibility index (Phi) is 6.32. The van der Waals surface area contributed by atoms with Crippen LogP contribution < -0.4 is 9.64 Å². The summed E-state index contributed by atoms with van der Waals surface area (Å²) in [7, 11) is 2.25. The first-order valence-corrected chi connectivity index (χ1v) is 7.73. The Bertz CT molecular complexity index is 760. The maximum Gasteiger partial charge on any atom is 0.422 e. The second-order valence-corrected chi connectivity index (χ2v) is 5.59. The maximum absolute atomic E-state index is 12.6. The van der Waals surface area contributed by atoms with Crippen LogP contribution in [0.4, 0.5) is 18.9 Å². The van der Waals surface area contributed by atoms with Gasteiger partial charge in [-0.15, -0.1) is 0 Å². The van der Waals surface area contributed by atoms with Crippen molar-refractivity contribution in [2.75, 3.05) is 39.1 Å². The van der Waals surface area contributed by atoms with Crippen molar-refractivity contribution in [1.29, 1.82) is 0 Å². The van der Waals surface area contributed by atoms with Gasteiger partial charge >= 0.3 is 18.1 Å². The van der Waals surface area contributed by atoms with E-state index in [9.17, 15) is 22.8 Å². The fourth-order valence-electron chi connectivity index (χ4n) is 2.45. The average Bonchev–Trinajstić information content (AvgIpc) is 2.64. The topological polar surface area (TPSA) is 74.3 Å². The van der Waals surface area contributed by atoms with Crippen molar-refractivity contribution in [2.24, 2.45) is 0 Å². The maximum atomic E-state index is 12.6. The lowest BCUT2D eigenvalue weighted by atomic mass is 10.1. The van der Waals surface area contributed by atoms with E-state index in [4.69, 9.17) is 14.2 Å². The van der Waals surface area contributed by atoms with Crippen LogP contribution in [0.15, 0.2) is 29.5 Å².